The van der Waals surface area contributed by atoms with Crippen molar-refractivity contribution in [2.75, 3.05) is 11.1 Å². The van der Waals surface area contributed by atoms with Crippen LogP contribution in [0.5, 0.6) is 0 Å². The minimum atomic E-state index is -0.209. The second-order valence-electron chi connectivity index (χ2n) is 6.32. The van der Waals surface area contributed by atoms with Crippen molar-refractivity contribution < 1.29 is 14.7 Å². The molecule has 1 aliphatic carbocycles. The van der Waals surface area contributed by atoms with Gasteiger partial charge in [0.1, 0.15) is 6.54 Å². The van der Waals surface area contributed by atoms with Crippen LogP contribution in [0.4, 0.5) is 5.69 Å². The van der Waals surface area contributed by atoms with E-state index >= 15 is 0 Å². The molecule has 3 rings (SSSR count). The third-order valence-corrected chi connectivity index (χ3v) is 4.93. The molecule has 0 radical (unpaired) electrons. The van der Waals surface area contributed by atoms with E-state index in [-0.39, 0.29) is 36.8 Å². The summed E-state index contributed by atoms with van der Waals surface area (Å²) in [5, 5.41) is 15.8. The van der Waals surface area contributed by atoms with Crippen LogP contribution in [0.2, 0.25) is 0 Å². The number of rotatable bonds is 8. The van der Waals surface area contributed by atoms with Crippen LogP contribution >= 0.6 is 11.8 Å². The normalized spacial score (nSPS) is 13.5. The van der Waals surface area contributed by atoms with Crippen LogP contribution in [0.1, 0.15) is 24.1 Å². The highest BCUT2D eigenvalue weighted by Crippen LogP contribution is 2.21. The third kappa shape index (κ3) is 5.09. The van der Waals surface area contributed by atoms with Gasteiger partial charge in [0.15, 0.2) is 5.16 Å². The van der Waals surface area contributed by atoms with E-state index in [1.165, 1.54) is 18.0 Å². The SMILES string of the molecule is Cc1cccc(NC(=O)CSc2ncc(CO)n2CC(=O)NC2CC2)c1. The highest BCUT2D eigenvalue weighted by Gasteiger charge is 2.24. The zero-order chi connectivity index (χ0) is 18.5. The molecule has 0 atom stereocenters. The molecule has 138 valence electrons. The van der Waals surface area contributed by atoms with Crippen molar-refractivity contribution in [2.45, 2.75) is 44.1 Å². The number of amides is 2. The Morgan fingerprint density at radius 1 is 1.35 bits per heavy atom. The van der Waals surface area contributed by atoms with Gasteiger partial charge in [-0.05, 0) is 37.5 Å². The van der Waals surface area contributed by atoms with Crippen LogP contribution < -0.4 is 10.6 Å². The van der Waals surface area contributed by atoms with E-state index in [1.807, 2.05) is 31.2 Å². The molecule has 26 heavy (non-hydrogen) atoms. The summed E-state index contributed by atoms with van der Waals surface area (Å²) in [5.41, 5.74) is 2.37. The summed E-state index contributed by atoms with van der Waals surface area (Å²) in [6.07, 6.45) is 3.57. The molecular weight excluding hydrogens is 352 g/mol. The van der Waals surface area contributed by atoms with Gasteiger partial charge >= 0.3 is 0 Å². The number of aromatic nitrogens is 2. The maximum Gasteiger partial charge on any atom is 0.240 e. The molecule has 8 heteroatoms. The molecule has 1 aromatic carbocycles. The van der Waals surface area contributed by atoms with E-state index in [4.69, 9.17) is 0 Å². The van der Waals surface area contributed by atoms with Gasteiger partial charge in [-0.15, -0.1) is 0 Å². The van der Waals surface area contributed by atoms with Gasteiger partial charge in [-0.1, -0.05) is 23.9 Å². The number of nitrogens with one attached hydrogen (secondary N) is 2. The first-order chi connectivity index (χ1) is 12.5. The van der Waals surface area contributed by atoms with Gasteiger partial charge < -0.3 is 20.3 Å². The Bertz CT molecular complexity index is 801. The molecule has 0 unspecified atom stereocenters. The first-order valence-electron chi connectivity index (χ1n) is 8.49. The number of nitrogens with zero attached hydrogens (tertiary/aromatic N) is 2. The van der Waals surface area contributed by atoms with E-state index in [1.54, 1.807) is 4.57 Å². The minimum Gasteiger partial charge on any atom is -0.390 e. The molecular formula is C18H22N4O3S. The van der Waals surface area contributed by atoms with Crippen LogP contribution in [0.25, 0.3) is 0 Å². The summed E-state index contributed by atoms with van der Waals surface area (Å²) in [7, 11) is 0. The number of benzene rings is 1. The Labute approximate surface area is 156 Å². The average Bonchev–Trinajstić information content (AvgIpc) is 3.32. The lowest BCUT2D eigenvalue weighted by Gasteiger charge is -2.11. The van der Waals surface area contributed by atoms with Crippen LogP contribution in [-0.2, 0) is 22.7 Å². The zero-order valence-corrected chi connectivity index (χ0v) is 15.4. The van der Waals surface area contributed by atoms with Crippen molar-refractivity contribution in [3.05, 3.63) is 41.7 Å². The predicted octanol–water partition coefficient (Wildman–Crippen LogP) is 1.69. The van der Waals surface area contributed by atoms with E-state index in [2.05, 4.69) is 15.6 Å². The second-order valence-corrected chi connectivity index (χ2v) is 7.27. The number of thioether (sulfide) groups is 1. The van der Waals surface area contributed by atoms with Crippen LogP contribution in [-0.4, -0.2) is 38.3 Å². The summed E-state index contributed by atoms with van der Waals surface area (Å²) >= 11 is 1.24. The maximum absolute atomic E-state index is 12.2. The van der Waals surface area contributed by atoms with Gasteiger partial charge in [-0.2, -0.15) is 0 Å². The Hall–Kier alpha value is -2.32. The molecule has 1 heterocycles. The first-order valence-corrected chi connectivity index (χ1v) is 9.47. The lowest BCUT2D eigenvalue weighted by Crippen LogP contribution is -2.30. The Morgan fingerprint density at radius 2 is 2.15 bits per heavy atom. The Balaban J connectivity index is 1.59. The van der Waals surface area contributed by atoms with E-state index in [0.717, 1.165) is 24.1 Å². The van der Waals surface area contributed by atoms with Gasteiger partial charge in [-0.3, -0.25) is 9.59 Å². The topological polar surface area (TPSA) is 96.2 Å². The van der Waals surface area contributed by atoms with Crippen molar-refractivity contribution >= 4 is 29.3 Å². The molecule has 0 saturated heterocycles. The van der Waals surface area contributed by atoms with Gasteiger partial charge in [0.2, 0.25) is 11.8 Å². The molecule has 2 aromatic rings. The van der Waals surface area contributed by atoms with Crippen molar-refractivity contribution in [1.82, 2.24) is 14.9 Å². The number of hydrogen-bond donors (Lipinski definition) is 3. The first kappa shape index (κ1) is 18.5. The summed E-state index contributed by atoms with van der Waals surface area (Å²) in [6, 6.07) is 7.86. The molecule has 0 bridgehead atoms. The van der Waals surface area contributed by atoms with Gasteiger partial charge in [0.25, 0.3) is 0 Å². The molecule has 7 nitrogen and oxygen atoms in total. The monoisotopic (exact) mass is 374 g/mol. The van der Waals surface area contributed by atoms with Crippen LogP contribution in [0.15, 0.2) is 35.6 Å². The number of aliphatic hydroxyl groups is 1. The smallest absolute Gasteiger partial charge is 0.240 e. The number of imidazole rings is 1. The number of aryl methyl sites for hydroxylation is 1. The van der Waals surface area contributed by atoms with Crippen molar-refractivity contribution in [3.63, 3.8) is 0 Å². The highest BCUT2D eigenvalue weighted by molar-refractivity contribution is 7.99. The Kier molecular flexibility index (Phi) is 5.95. The fourth-order valence-electron chi connectivity index (χ4n) is 2.50. The highest BCUT2D eigenvalue weighted by atomic mass is 32.2. The molecule has 1 aliphatic rings. The summed E-state index contributed by atoms with van der Waals surface area (Å²) < 4.78 is 1.66. The number of carbonyl (C=O) groups excluding carboxylic acids is 2. The standard InChI is InChI=1S/C18H22N4O3S/c1-12-3-2-4-14(7-12)21-17(25)11-26-18-19-8-15(10-23)22(18)9-16(24)20-13-5-6-13/h2-4,7-8,13,23H,5-6,9-11H2,1H3,(H,20,24)(H,21,25). The molecule has 0 aliphatic heterocycles. The zero-order valence-electron chi connectivity index (χ0n) is 14.6. The number of hydrogen-bond acceptors (Lipinski definition) is 5. The molecule has 2 amide bonds. The molecule has 1 fully saturated rings. The number of aliphatic hydroxyl groups excluding tert-OH is 1. The largest absolute Gasteiger partial charge is 0.390 e. The van der Waals surface area contributed by atoms with Gasteiger partial charge in [0.05, 0.1) is 24.3 Å². The maximum atomic E-state index is 12.2. The lowest BCUT2D eigenvalue weighted by molar-refractivity contribution is -0.122. The molecule has 1 aromatic heterocycles. The number of carbonyl (C=O) groups is 2. The third-order valence-electron chi connectivity index (χ3n) is 3.94. The quantitative estimate of drug-likeness (QED) is 0.611. The summed E-state index contributed by atoms with van der Waals surface area (Å²) in [6.45, 7) is 1.85. The average molecular weight is 374 g/mol. The van der Waals surface area contributed by atoms with Crippen LogP contribution in [0.3, 0.4) is 0 Å². The van der Waals surface area contributed by atoms with Crippen LogP contribution in [0, 0.1) is 6.92 Å². The second kappa shape index (κ2) is 8.37. The van der Waals surface area contributed by atoms with Gasteiger partial charge in [0, 0.05) is 11.7 Å². The fourth-order valence-corrected chi connectivity index (χ4v) is 3.29. The van der Waals surface area contributed by atoms with E-state index < -0.39 is 0 Å². The molecule has 0 spiro atoms. The Morgan fingerprint density at radius 3 is 2.85 bits per heavy atom. The molecule has 3 N–H and O–H groups in total. The summed E-state index contributed by atoms with van der Waals surface area (Å²) in [4.78, 5) is 28.5. The van der Waals surface area contributed by atoms with Gasteiger partial charge in [-0.25, -0.2) is 4.98 Å². The van der Waals surface area contributed by atoms with Crippen molar-refractivity contribution in [1.29, 1.82) is 0 Å². The minimum absolute atomic E-state index is 0.0915. The van der Waals surface area contributed by atoms with E-state index in [9.17, 15) is 14.7 Å². The summed E-state index contributed by atoms with van der Waals surface area (Å²) in [5.74, 6) is -0.0885. The lowest BCUT2D eigenvalue weighted by atomic mass is 10.2. The van der Waals surface area contributed by atoms with Crippen molar-refractivity contribution in [2.24, 2.45) is 0 Å². The van der Waals surface area contributed by atoms with E-state index in [0.29, 0.717) is 10.9 Å². The number of anilines is 1. The molecule has 1 saturated carbocycles. The predicted molar refractivity (Wildman–Crippen MR) is 99.8 cm³/mol. The fraction of sp³-hybridized carbons (Fsp3) is 0.389. The van der Waals surface area contributed by atoms with Crippen molar-refractivity contribution in [3.8, 4) is 0 Å².